The lowest BCUT2D eigenvalue weighted by atomic mass is 10.1. The van der Waals surface area contributed by atoms with Crippen LogP contribution in [0.25, 0.3) is 11.2 Å². The van der Waals surface area contributed by atoms with Crippen LogP contribution in [0.1, 0.15) is 31.7 Å². The van der Waals surface area contributed by atoms with Gasteiger partial charge in [-0.2, -0.15) is 4.98 Å². The minimum Gasteiger partial charge on any atom is -0.394 e. The summed E-state index contributed by atoms with van der Waals surface area (Å²) in [5, 5.41) is 21.1. The molecule has 3 saturated heterocycles. The third-order valence-electron chi connectivity index (χ3n) is 7.93. The third-order valence-corrected chi connectivity index (χ3v) is 10.0. The third kappa shape index (κ3) is 5.66. The molecule has 19 nitrogen and oxygen atoms in total. The predicted octanol–water partition coefficient (Wildman–Crippen LogP) is -1.59. The number of H-pyrrole nitrogens is 2. The van der Waals surface area contributed by atoms with Crippen molar-refractivity contribution < 1.29 is 38.0 Å². The zero-order valence-corrected chi connectivity index (χ0v) is 24.4. The summed E-state index contributed by atoms with van der Waals surface area (Å²) in [6.45, 7) is -0.0391. The highest BCUT2D eigenvalue weighted by atomic mass is 31.2. The lowest BCUT2D eigenvalue weighted by molar-refractivity contribution is -0.0646. The summed E-state index contributed by atoms with van der Waals surface area (Å²) in [6.07, 6.45) is -2.95. The van der Waals surface area contributed by atoms with Crippen LogP contribution < -0.4 is 22.5 Å². The number of ether oxygens (including phenoxy) is 3. The summed E-state index contributed by atoms with van der Waals surface area (Å²) in [5.41, 5.74) is 4.04. The molecule has 0 amide bonds. The monoisotopic (exact) mass is 640 g/mol. The fraction of sp³-hybridized carbons (Fsp3) is 0.625. The second-order valence-corrected chi connectivity index (χ2v) is 12.6. The standard InChI is InChI=1S/C24H33N8O11P/c1-39-19-18(35)14(42-22(19)31-7-4-15(34)27-24(31)37)10-40-44(38,30-5-2-3-6-30)43-12-8-16(41-13(12)9-33)32-11-26-17-20(32)28-23(25)29-21(17)36/h4,7,11-14,16,18-19,22,33,35H,2-3,5-6,8-10H2,1H3,(H,27,34,37)(H3,25,28,29,36)/t12-,13-,14-,16-,18+,19?,22-,44?/m1/s1. The smallest absolute Gasteiger partial charge is 0.394 e. The Bertz CT molecular complexity index is 1720. The van der Waals surface area contributed by atoms with Crippen molar-refractivity contribution in [3.63, 3.8) is 0 Å². The van der Waals surface area contributed by atoms with Gasteiger partial charge < -0.3 is 30.2 Å². The van der Waals surface area contributed by atoms with Crippen LogP contribution in [-0.4, -0.2) is 108 Å². The number of hydrogen-bond donors (Lipinski definition) is 5. The van der Waals surface area contributed by atoms with Gasteiger partial charge in [0.25, 0.3) is 11.1 Å². The molecular weight excluding hydrogens is 607 g/mol. The van der Waals surface area contributed by atoms with Crippen LogP contribution in [0.4, 0.5) is 5.95 Å². The van der Waals surface area contributed by atoms with E-state index < -0.39 is 80.7 Å². The van der Waals surface area contributed by atoms with E-state index in [1.165, 1.54) is 24.2 Å². The first-order chi connectivity index (χ1) is 21.1. The summed E-state index contributed by atoms with van der Waals surface area (Å²) in [4.78, 5) is 48.9. The first kappa shape index (κ1) is 30.8. The van der Waals surface area contributed by atoms with Crippen molar-refractivity contribution in [3.05, 3.63) is 49.8 Å². The number of imidazole rings is 1. The molecule has 6 rings (SSSR count). The summed E-state index contributed by atoms with van der Waals surface area (Å²) < 4.78 is 47.8. The normalized spacial score (nSPS) is 30.8. The van der Waals surface area contributed by atoms with Crippen molar-refractivity contribution in [2.75, 3.05) is 39.1 Å². The Balaban J connectivity index is 1.21. The van der Waals surface area contributed by atoms with E-state index in [2.05, 4.69) is 19.9 Å². The molecule has 44 heavy (non-hydrogen) atoms. The highest BCUT2D eigenvalue weighted by Gasteiger charge is 2.49. The summed E-state index contributed by atoms with van der Waals surface area (Å²) >= 11 is 0. The zero-order chi connectivity index (χ0) is 31.2. The summed E-state index contributed by atoms with van der Waals surface area (Å²) in [7, 11) is -2.74. The Morgan fingerprint density at radius 1 is 1.16 bits per heavy atom. The van der Waals surface area contributed by atoms with Crippen LogP contribution in [0.2, 0.25) is 0 Å². The largest absolute Gasteiger partial charge is 0.408 e. The molecule has 3 aliphatic heterocycles. The molecule has 2 unspecified atom stereocenters. The maximum atomic E-state index is 14.4. The van der Waals surface area contributed by atoms with E-state index in [0.29, 0.717) is 13.1 Å². The van der Waals surface area contributed by atoms with Crippen molar-refractivity contribution in [1.82, 2.24) is 33.7 Å². The molecule has 20 heteroatoms. The number of fused-ring (bicyclic) bond motifs is 1. The second-order valence-electron chi connectivity index (χ2n) is 10.7. The second kappa shape index (κ2) is 12.3. The van der Waals surface area contributed by atoms with E-state index in [1.807, 2.05) is 0 Å². The number of nitrogens with zero attached hydrogens (tertiary/aromatic N) is 5. The van der Waals surface area contributed by atoms with E-state index in [0.717, 1.165) is 23.5 Å². The number of aliphatic hydroxyl groups excluding tert-OH is 2. The molecule has 0 aliphatic carbocycles. The van der Waals surface area contributed by atoms with E-state index in [-0.39, 0.29) is 23.5 Å². The minimum absolute atomic E-state index is 0.0469. The van der Waals surface area contributed by atoms with E-state index in [4.69, 9.17) is 29.0 Å². The number of aromatic nitrogens is 6. The van der Waals surface area contributed by atoms with Crippen LogP contribution in [0.5, 0.6) is 0 Å². The van der Waals surface area contributed by atoms with Gasteiger partial charge in [-0.25, -0.2) is 19.0 Å². The predicted molar refractivity (Wildman–Crippen MR) is 149 cm³/mol. The van der Waals surface area contributed by atoms with Crippen molar-refractivity contribution in [3.8, 4) is 0 Å². The highest BCUT2D eigenvalue weighted by molar-refractivity contribution is 7.51. The fourth-order valence-corrected chi connectivity index (χ4v) is 7.75. The molecule has 0 radical (unpaired) electrons. The van der Waals surface area contributed by atoms with Gasteiger partial charge in [0.2, 0.25) is 5.95 Å². The molecule has 0 bridgehead atoms. The molecule has 6 heterocycles. The Labute approximate surface area is 248 Å². The molecule has 8 atom stereocenters. The average Bonchev–Trinajstić information content (AvgIpc) is 3.78. The molecule has 240 valence electrons. The van der Waals surface area contributed by atoms with Crippen LogP contribution >= 0.6 is 7.75 Å². The molecule has 6 N–H and O–H groups in total. The summed E-state index contributed by atoms with van der Waals surface area (Å²) in [6, 6.07) is 1.13. The summed E-state index contributed by atoms with van der Waals surface area (Å²) in [5.74, 6) is -0.111. The molecule has 3 aliphatic rings. The van der Waals surface area contributed by atoms with Crippen molar-refractivity contribution >= 4 is 24.9 Å². The Hall–Kier alpha value is -3.26. The lowest BCUT2D eigenvalue weighted by Crippen LogP contribution is -2.39. The first-order valence-corrected chi connectivity index (χ1v) is 15.5. The van der Waals surface area contributed by atoms with E-state index >= 15 is 0 Å². The number of nitrogens with two attached hydrogens (primary N) is 1. The molecular formula is C24H33N8O11P. The van der Waals surface area contributed by atoms with Gasteiger partial charge >= 0.3 is 13.4 Å². The number of methoxy groups -OCH3 is 1. The van der Waals surface area contributed by atoms with Crippen LogP contribution in [0.3, 0.4) is 0 Å². The number of aliphatic hydroxyl groups is 2. The fourth-order valence-electron chi connectivity index (χ4n) is 5.73. The molecule has 0 saturated carbocycles. The van der Waals surface area contributed by atoms with Crippen molar-refractivity contribution in [1.29, 1.82) is 0 Å². The molecule has 0 spiro atoms. The van der Waals surface area contributed by atoms with E-state index in [9.17, 15) is 29.2 Å². The Morgan fingerprint density at radius 3 is 2.64 bits per heavy atom. The zero-order valence-electron chi connectivity index (χ0n) is 23.6. The average molecular weight is 641 g/mol. The Kier molecular flexibility index (Phi) is 8.57. The quantitative estimate of drug-likeness (QED) is 0.157. The lowest BCUT2D eigenvalue weighted by Gasteiger charge is -2.30. The molecule has 3 fully saturated rings. The Morgan fingerprint density at radius 2 is 1.93 bits per heavy atom. The van der Waals surface area contributed by atoms with Gasteiger partial charge in [0.05, 0.1) is 19.5 Å². The van der Waals surface area contributed by atoms with Crippen LogP contribution in [0, 0.1) is 0 Å². The number of anilines is 1. The van der Waals surface area contributed by atoms with Gasteiger partial charge in [0.15, 0.2) is 17.4 Å². The van der Waals surface area contributed by atoms with Gasteiger partial charge in [-0.1, -0.05) is 0 Å². The van der Waals surface area contributed by atoms with Gasteiger partial charge in [-0.3, -0.25) is 37.7 Å². The molecule has 3 aromatic heterocycles. The molecule has 3 aromatic rings. The minimum atomic E-state index is -4.07. The van der Waals surface area contributed by atoms with Gasteiger partial charge in [0.1, 0.15) is 36.7 Å². The number of rotatable bonds is 10. The van der Waals surface area contributed by atoms with Crippen LogP contribution in [-0.2, 0) is 27.8 Å². The maximum Gasteiger partial charge on any atom is 0.408 e. The van der Waals surface area contributed by atoms with Crippen molar-refractivity contribution in [2.45, 2.75) is 62.2 Å². The first-order valence-electron chi connectivity index (χ1n) is 14.0. The maximum absolute atomic E-state index is 14.4. The number of hydrogen-bond acceptors (Lipinski definition) is 14. The van der Waals surface area contributed by atoms with Gasteiger partial charge in [0, 0.05) is 38.9 Å². The highest BCUT2D eigenvalue weighted by Crippen LogP contribution is 2.57. The topological polar surface area (TPSA) is 251 Å². The number of aromatic amines is 2. The van der Waals surface area contributed by atoms with Crippen molar-refractivity contribution in [2.24, 2.45) is 0 Å². The SMILES string of the molecule is COC1[C@@H](O)[C@@H](COP(=O)(O[C@@H]2C[C@H](n3cnc4c(=O)[nH]c(N)nc43)O[C@@H]2CO)N2CCCC2)O[C@H]1n1ccc(=O)[nH]c1=O. The number of nitrogens with one attached hydrogen (secondary N) is 2. The molecule has 0 aromatic carbocycles. The van der Waals surface area contributed by atoms with Gasteiger partial charge in [-0.05, 0) is 12.8 Å². The van der Waals surface area contributed by atoms with Crippen LogP contribution in [0.15, 0.2) is 33.0 Å². The van der Waals surface area contributed by atoms with E-state index in [1.54, 1.807) is 4.67 Å². The van der Waals surface area contributed by atoms with Gasteiger partial charge in [-0.15, -0.1) is 0 Å². The number of nitrogen functional groups attached to an aromatic ring is 1.